The Bertz CT molecular complexity index is 1150. The zero-order chi connectivity index (χ0) is 24.8. The van der Waals surface area contributed by atoms with Gasteiger partial charge in [-0.1, -0.05) is 54.0 Å². The standard InChI is InChI=1S/C27H32BrN5O2/c1-20(2)15-25-17-23(30-33(25)24-9-4-3-5-10-24)18-29-26(34)19-31-11-13-32(14-12-31)27(35)21-7-6-8-22(28)16-21/h3-10,16-17,20H,11-15,18-19H2,1-2H3,(H,29,34). The molecule has 184 valence electrons. The lowest BCUT2D eigenvalue weighted by Gasteiger charge is -2.34. The van der Waals surface area contributed by atoms with Gasteiger partial charge in [-0.25, -0.2) is 4.68 Å². The van der Waals surface area contributed by atoms with Crippen molar-refractivity contribution in [2.45, 2.75) is 26.8 Å². The number of rotatable bonds is 8. The van der Waals surface area contributed by atoms with E-state index in [0.29, 0.717) is 50.7 Å². The minimum atomic E-state index is -0.0311. The molecule has 0 unspecified atom stereocenters. The summed E-state index contributed by atoms with van der Waals surface area (Å²) in [5.74, 6) is 0.503. The summed E-state index contributed by atoms with van der Waals surface area (Å²) in [5, 5.41) is 7.77. The maximum atomic E-state index is 12.7. The summed E-state index contributed by atoms with van der Waals surface area (Å²) in [6.45, 7) is 7.66. The van der Waals surface area contributed by atoms with Crippen LogP contribution < -0.4 is 5.32 Å². The Kier molecular flexibility index (Phi) is 8.36. The topological polar surface area (TPSA) is 70.5 Å². The van der Waals surface area contributed by atoms with Gasteiger partial charge in [-0.2, -0.15) is 5.10 Å². The molecule has 0 spiro atoms. The molecule has 2 aromatic carbocycles. The fourth-order valence-corrected chi connectivity index (χ4v) is 4.68. The average Bonchev–Trinajstić information content (AvgIpc) is 3.25. The zero-order valence-electron chi connectivity index (χ0n) is 20.3. The first-order chi connectivity index (χ1) is 16.9. The second-order valence-corrected chi connectivity index (χ2v) is 10.2. The van der Waals surface area contributed by atoms with Crippen LogP contribution in [0.1, 0.15) is 35.6 Å². The molecule has 0 aliphatic carbocycles. The van der Waals surface area contributed by atoms with Crippen LogP contribution in [-0.4, -0.2) is 64.1 Å². The highest BCUT2D eigenvalue weighted by Gasteiger charge is 2.23. The van der Waals surface area contributed by atoms with Crippen LogP contribution in [0.15, 0.2) is 65.1 Å². The van der Waals surface area contributed by atoms with E-state index in [4.69, 9.17) is 5.10 Å². The molecular weight excluding hydrogens is 506 g/mol. The van der Waals surface area contributed by atoms with E-state index in [-0.39, 0.29) is 11.8 Å². The maximum Gasteiger partial charge on any atom is 0.253 e. The van der Waals surface area contributed by atoms with Gasteiger partial charge in [0.15, 0.2) is 0 Å². The van der Waals surface area contributed by atoms with E-state index in [1.165, 1.54) is 0 Å². The lowest BCUT2D eigenvalue weighted by atomic mass is 10.1. The number of piperazine rings is 1. The predicted octanol–water partition coefficient (Wildman–Crippen LogP) is 3.91. The van der Waals surface area contributed by atoms with E-state index < -0.39 is 0 Å². The highest BCUT2D eigenvalue weighted by Crippen LogP contribution is 2.17. The Morgan fingerprint density at radius 3 is 2.43 bits per heavy atom. The molecule has 7 nitrogen and oxygen atoms in total. The van der Waals surface area contributed by atoms with E-state index in [9.17, 15) is 9.59 Å². The quantitative estimate of drug-likeness (QED) is 0.473. The number of hydrogen-bond acceptors (Lipinski definition) is 4. The van der Waals surface area contributed by atoms with Crippen LogP contribution in [0.5, 0.6) is 0 Å². The van der Waals surface area contributed by atoms with Gasteiger partial charge in [0.25, 0.3) is 5.91 Å². The van der Waals surface area contributed by atoms with Gasteiger partial charge in [0, 0.05) is 41.9 Å². The molecule has 1 fully saturated rings. The molecule has 4 rings (SSSR count). The van der Waals surface area contributed by atoms with Gasteiger partial charge < -0.3 is 10.2 Å². The van der Waals surface area contributed by atoms with E-state index >= 15 is 0 Å². The predicted molar refractivity (Wildman–Crippen MR) is 140 cm³/mol. The number of hydrogen-bond donors (Lipinski definition) is 1. The van der Waals surface area contributed by atoms with Crippen molar-refractivity contribution in [1.29, 1.82) is 0 Å². The number of nitrogens with one attached hydrogen (secondary N) is 1. The van der Waals surface area contributed by atoms with Crippen molar-refractivity contribution < 1.29 is 9.59 Å². The van der Waals surface area contributed by atoms with Crippen molar-refractivity contribution >= 4 is 27.7 Å². The second-order valence-electron chi connectivity index (χ2n) is 9.33. The highest BCUT2D eigenvalue weighted by molar-refractivity contribution is 9.10. The lowest BCUT2D eigenvalue weighted by molar-refractivity contribution is -0.122. The first-order valence-corrected chi connectivity index (χ1v) is 12.9. The molecule has 1 N–H and O–H groups in total. The lowest BCUT2D eigenvalue weighted by Crippen LogP contribution is -2.51. The summed E-state index contributed by atoms with van der Waals surface area (Å²) >= 11 is 3.42. The maximum absolute atomic E-state index is 12.7. The third kappa shape index (κ3) is 6.80. The third-order valence-corrected chi connectivity index (χ3v) is 6.51. The van der Waals surface area contributed by atoms with Crippen molar-refractivity contribution in [3.05, 3.63) is 82.1 Å². The summed E-state index contributed by atoms with van der Waals surface area (Å²) in [6.07, 6.45) is 0.915. The number of amides is 2. The number of para-hydroxylation sites is 1. The third-order valence-electron chi connectivity index (χ3n) is 6.02. The molecule has 0 bridgehead atoms. The number of nitrogens with zero attached hydrogens (tertiary/aromatic N) is 4. The molecule has 2 heterocycles. The Labute approximate surface area is 215 Å². The second kappa shape index (κ2) is 11.6. The molecule has 8 heteroatoms. The molecule has 0 atom stereocenters. The molecule has 1 saturated heterocycles. The fourth-order valence-electron chi connectivity index (χ4n) is 4.28. The summed E-state index contributed by atoms with van der Waals surface area (Å²) in [4.78, 5) is 29.3. The zero-order valence-corrected chi connectivity index (χ0v) is 21.9. The average molecular weight is 538 g/mol. The molecule has 1 aromatic heterocycles. The van der Waals surface area contributed by atoms with Crippen molar-refractivity contribution in [1.82, 2.24) is 24.9 Å². The normalized spacial score (nSPS) is 14.3. The van der Waals surface area contributed by atoms with Crippen LogP contribution in [0.2, 0.25) is 0 Å². The summed E-state index contributed by atoms with van der Waals surface area (Å²) in [5.41, 5.74) is 3.69. The Morgan fingerprint density at radius 2 is 1.74 bits per heavy atom. The van der Waals surface area contributed by atoms with E-state index in [0.717, 1.165) is 28.0 Å². The molecule has 0 radical (unpaired) electrons. The fraction of sp³-hybridized carbons (Fsp3) is 0.370. The molecular formula is C27H32BrN5O2. The molecule has 1 aliphatic heterocycles. The molecule has 3 aromatic rings. The van der Waals surface area contributed by atoms with Crippen LogP contribution in [0, 0.1) is 5.92 Å². The van der Waals surface area contributed by atoms with Gasteiger partial charge in [-0.15, -0.1) is 0 Å². The van der Waals surface area contributed by atoms with Crippen LogP contribution in [-0.2, 0) is 17.8 Å². The molecule has 1 aliphatic rings. The number of aromatic nitrogens is 2. The van der Waals surface area contributed by atoms with Crippen LogP contribution in [0.25, 0.3) is 5.69 Å². The molecule has 2 amide bonds. The van der Waals surface area contributed by atoms with Crippen molar-refractivity contribution in [2.24, 2.45) is 5.92 Å². The number of carbonyl (C=O) groups is 2. The van der Waals surface area contributed by atoms with E-state index in [1.54, 1.807) is 0 Å². The van der Waals surface area contributed by atoms with Crippen molar-refractivity contribution in [3.8, 4) is 5.69 Å². The molecule has 0 saturated carbocycles. The number of halogens is 1. The Balaban J connectivity index is 1.28. The summed E-state index contributed by atoms with van der Waals surface area (Å²) in [7, 11) is 0. The van der Waals surface area contributed by atoms with Crippen LogP contribution >= 0.6 is 15.9 Å². The smallest absolute Gasteiger partial charge is 0.253 e. The largest absolute Gasteiger partial charge is 0.349 e. The van der Waals surface area contributed by atoms with Gasteiger partial charge in [0.05, 0.1) is 24.5 Å². The van der Waals surface area contributed by atoms with Crippen LogP contribution in [0.3, 0.4) is 0 Å². The monoisotopic (exact) mass is 537 g/mol. The highest BCUT2D eigenvalue weighted by atomic mass is 79.9. The molecule has 35 heavy (non-hydrogen) atoms. The Hall–Kier alpha value is -2.97. The number of carbonyl (C=O) groups excluding carboxylic acids is 2. The van der Waals surface area contributed by atoms with Gasteiger partial charge in [-0.05, 0) is 48.7 Å². The van der Waals surface area contributed by atoms with Gasteiger partial charge in [0.1, 0.15) is 0 Å². The van der Waals surface area contributed by atoms with Crippen molar-refractivity contribution in [2.75, 3.05) is 32.7 Å². The minimum absolute atomic E-state index is 0.0293. The Morgan fingerprint density at radius 1 is 1.00 bits per heavy atom. The van der Waals surface area contributed by atoms with Crippen LogP contribution in [0.4, 0.5) is 0 Å². The first kappa shape index (κ1) is 25.1. The summed E-state index contributed by atoms with van der Waals surface area (Å²) < 4.78 is 2.87. The minimum Gasteiger partial charge on any atom is -0.349 e. The van der Waals surface area contributed by atoms with E-state index in [1.807, 2.05) is 64.2 Å². The number of benzene rings is 2. The van der Waals surface area contributed by atoms with Crippen molar-refractivity contribution in [3.63, 3.8) is 0 Å². The van der Waals surface area contributed by atoms with Gasteiger partial charge in [0.2, 0.25) is 5.91 Å². The van der Waals surface area contributed by atoms with E-state index in [2.05, 4.69) is 46.1 Å². The summed E-state index contributed by atoms with van der Waals surface area (Å²) in [6, 6.07) is 19.6. The van der Waals surface area contributed by atoms with Gasteiger partial charge >= 0.3 is 0 Å². The first-order valence-electron chi connectivity index (χ1n) is 12.1. The van der Waals surface area contributed by atoms with Gasteiger partial charge in [-0.3, -0.25) is 14.5 Å². The SMILES string of the molecule is CC(C)Cc1cc(CNC(=O)CN2CCN(C(=O)c3cccc(Br)c3)CC2)nn1-c1ccccc1.